The summed E-state index contributed by atoms with van der Waals surface area (Å²) >= 11 is 0. The molecule has 0 saturated carbocycles. The Kier molecular flexibility index (Phi) is 5.44. The lowest BCUT2D eigenvalue weighted by Crippen LogP contribution is -2.04. The summed E-state index contributed by atoms with van der Waals surface area (Å²) < 4.78 is 18.9. The van der Waals surface area contributed by atoms with Crippen molar-refractivity contribution in [2.24, 2.45) is 7.05 Å². The van der Waals surface area contributed by atoms with Crippen molar-refractivity contribution >= 4 is 17.0 Å². The fraction of sp³-hybridized carbons (Fsp3) is 0.174. The maximum absolute atomic E-state index is 11.1. The topological polar surface area (TPSA) is 95.7 Å². The molecule has 4 rings (SSSR count). The van der Waals surface area contributed by atoms with Gasteiger partial charge in [-0.3, -0.25) is 0 Å². The summed E-state index contributed by atoms with van der Waals surface area (Å²) in [7, 11) is 3.46. The van der Waals surface area contributed by atoms with Crippen molar-refractivity contribution in [3.8, 4) is 23.1 Å². The Balaban J connectivity index is 1.55. The van der Waals surface area contributed by atoms with Crippen molar-refractivity contribution in [1.82, 2.24) is 14.5 Å². The number of nitrogens with zero attached hydrogens (tertiary/aromatic N) is 3. The van der Waals surface area contributed by atoms with Crippen LogP contribution in [0.1, 0.15) is 21.9 Å². The van der Waals surface area contributed by atoms with E-state index in [1.165, 1.54) is 12.1 Å². The van der Waals surface area contributed by atoms with E-state index in [9.17, 15) is 4.79 Å². The van der Waals surface area contributed by atoms with Gasteiger partial charge in [0.25, 0.3) is 0 Å². The van der Waals surface area contributed by atoms with Gasteiger partial charge in [-0.15, -0.1) is 0 Å². The van der Waals surface area contributed by atoms with E-state index in [0.29, 0.717) is 29.0 Å². The van der Waals surface area contributed by atoms with Crippen LogP contribution < -0.4 is 14.2 Å². The molecule has 0 fully saturated rings. The van der Waals surface area contributed by atoms with Crippen molar-refractivity contribution in [2.45, 2.75) is 13.5 Å². The van der Waals surface area contributed by atoms with E-state index in [1.807, 2.05) is 42.8 Å². The summed E-state index contributed by atoms with van der Waals surface area (Å²) in [6.45, 7) is 2.07. The van der Waals surface area contributed by atoms with E-state index in [1.54, 1.807) is 25.3 Å². The number of aryl methyl sites for hydroxylation is 2. The predicted molar refractivity (Wildman–Crippen MR) is 114 cm³/mol. The second kappa shape index (κ2) is 8.35. The number of pyridine rings is 1. The van der Waals surface area contributed by atoms with Gasteiger partial charge in [0.2, 0.25) is 5.88 Å². The van der Waals surface area contributed by atoms with Crippen LogP contribution in [0.4, 0.5) is 0 Å². The number of carbonyl (C=O) groups is 1. The number of fused-ring (bicyclic) bond motifs is 1. The standard InChI is InChI=1S/C23H21N3O5/c1-14-9-18(12-22(24-14)29-3)31-17-7-8-19-20(11-17)26(2)21(25-19)13-30-16-6-4-5-15(10-16)23(27)28/h4-12H,13H2,1-3H3,(H,27,28). The maximum Gasteiger partial charge on any atom is 0.335 e. The first-order chi connectivity index (χ1) is 14.9. The Morgan fingerprint density at radius 1 is 1.03 bits per heavy atom. The summed E-state index contributed by atoms with van der Waals surface area (Å²) in [5.74, 6) is 1.95. The zero-order valence-electron chi connectivity index (χ0n) is 17.3. The normalized spacial score (nSPS) is 10.8. The van der Waals surface area contributed by atoms with E-state index >= 15 is 0 Å². The van der Waals surface area contributed by atoms with E-state index in [2.05, 4.69) is 9.97 Å². The number of carboxylic acid groups (broad SMARTS) is 1. The highest BCUT2D eigenvalue weighted by Crippen LogP contribution is 2.28. The van der Waals surface area contributed by atoms with Crippen molar-refractivity contribution in [3.63, 3.8) is 0 Å². The molecule has 0 spiro atoms. The van der Waals surface area contributed by atoms with Crippen molar-refractivity contribution < 1.29 is 24.1 Å². The second-order valence-corrected chi connectivity index (χ2v) is 6.95. The predicted octanol–water partition coefficient (Wildman–Crippen LogP) is 4.35. The lowest BCUT2D eigenvalue weighted by Gasteiger charge is -2.09. The Bertz CT molecular complexity index is 1270. The minimum absolute atomic E-state index is 0.173. The number of rotatable bonds is 7. The molecule has 8 heteroatoms. The van der Waals surface area contributed by atoms with E-state index in [0.717, 1.165) is 16.7 Å². The summed E-state index contributed by atoms with van der Waals surface area (Å²) in [4.78, 5) is 20.0. The highest BCUT2D eigenvalue weighted by Gasteiger charge is 2.12. The summed E-state index contributed by atoms with van der Waals surface area (Å²) in [6.07, 6.45) is 0. The molecule has 1 N–H and O–H groups in total. The number of methoxy groups -OCH3 is 1. The number of carboxylic acids is 1. The van der Waals surface area contributed by atoms with Crippen LogP contribution >= 0.6 is 0 Å². The lowest BCUT2D eigenvalue weighted by molar-refractivity contribution is 0.0696. The van der Waals surface area contributed by atoms with Gasteiger partial charge in [-0.1, -0.05) is 6.07 Å². The number of imidazole rings is 1. The van der Waals surface area contributed by atoms with Crippen molar-refractivity contribution in [2.75, 3.05) is 7.11 Å². The molecule has 0 amide bonds. The van der Waals surface area contributed by atoms with Crippen molar-refractivity contribution in [3.05, 3.63) is 71.7 Å². The molecule has 0 saturated heterocycles. The summed E-state index contributed by atoms with van der Waals surface area (Å²) in [6, 6.07) is 15.6. The largest absolute Gasteiger partial charge is 0.486 e. The monoisotopic (exact) mass is 419 g/mol. The SMILES string of the molecule is COc1cc(Oc2ccc3nc(COc4cccc(C(=O)O)c4)n(C)c3c2)cc(C)n1. The molecule has 2 heterocycles. The van der Waals surface area contributed by atoms with Crippen LogP contribution in [0, 0.1) is 6.92 Å². The third-order valence-electron chi connectivity index (χ3n) is 4.74. The van der Waals surface area contributed by atoms with Gasteiger partial charge >= 0.3 is 5.97 Å². The number of aromatic nitrogens is 3. The Labute approximate surface area is 178 Å². The molecule has 0 radical (unpaired) electrons. The number of ether oxygens (including phenoxy) is 3. The number of hydrogen-bond acceptors (Lipinski definition) is 6. The fourth-order valence-corrected chi connectivity index (χ4v) is 3.19. The minimum atomic E-state index is -0.997. The van der Waals surface area contributed by atoms with Crippen LogP contribution in [0.2, 0.25) is 0 Å². The van der Waals surface area contributed by atoms with Crippen LogP contribution in [0.15, 0.2) is 54.6 Å². The van der Waals surface area contributed by atoms with Gasteiger partial charge in [0, 0.05) is 30.9 Å². The molecule has 0 bridgehead atoms. The molecule has 31 heavy (non-hydrogen) atoms. The average molecular weight is 419 g/mol. The molecule has 8 nitrogen and oxygen atoms in total. The van der Waals surface area contributed by atoms with Gasteiger partial charge in [0.15, 0.2) is 0 Å². The van der Waals surface area contributed by atoms with Gasteiger partial charge in [0.1, 0.15) is 29.7 Å². The zero-order valence-corrected chi connectivity index (χ0v) is 17.3. The summed E-state index contributed by atoms with van der Waals surface area (Å²) in [5.41, 5.74) is 2.65. The number of hydrogen-bond donors (Lipinski definition) is 1. The first-order valence-electron chi connectivity index (χ1n) is 9.55. The highest BCUT2D eigenvalue weighted by atomic mass is 16.5. The highest BCUT2D eigenvalue weighted by molar-refractivity contribution is 5.88. The lowest BCUT2D eigenvalue weighted by atomic mass is 10.2. The first-order valence-corrected chi connectivity index (χ1v) is 9.55. The Morgan fingerprint density at radius 2 is 1.87 bits per heavy atom. The quantitative estimate of drug-likeness (QED) is 0.476. The molecular formula is C23H21N3O5. The van der Waals surface area contributed by atoms with Crippen LogP contribution in [-0.2, 0) is 13.7 Å². The number of benzene rings is 2. The minimum Gasteiger partial charge on any atom is -0.486 e. The molecular weight excluding hydrogens is 398 g/mol. The molecule has 0 aliphatic carbocycles. The molecule has 158 valence electrons. The molecule has 0 aliphatic rings. The molecule has 2 aromatic carbocycles. The van der Waals surface area contributed by atoms with Crippen molar-refractivity contribution in [1.29, 1.82) is 0 Å². The fourth-order valence-electron chi connectivity index (χ4n) is 3.19. The van der Waals surface area contributed by atoms with Gasteiger partial charge in [-0.25, -0.2) is 14.8 Å². The van der Waals surface area contributed by atoms with Crippen LogP contribution in [0.5, 0.6) is 23.1 Å². The van der Waals surface area contributed by atoms with Crippen LogP contribution in [0.25, 0.3) is 11.0 Å². The Morgan fingerprint density at radius 3 is 2.65 bits per heavy atom. The van der Waals surface area contributed by atoms with E-state index in [4.69, 9.17) is 19.3 Å². The zero-order chi connectivity index (χ0) is 22.0. The molecule has 0 unspecified atom stereocenters. The third kappa shape index (κ3) is 4.42. The van der Waals surface area contributed by atoms with Crippen LogP contribution in [0.3, 0.4) is 0 Å². The van der Waals surface area contributed by atoms with Gasteiger partial charge in [-0.2, -0.15) is 0 Å². The number of aromatic carboxylic acids is 1. The third-order valence-corrected chi connectivity index (χ3v) is 4.74. The van der Waals surface area contributed by atoms with Gasteiger partial charge in [0.05, 0.1) is 23.7 Å². The molecule has 0 atom stereocenters. The van der Waals surface area contributed by atoms with Gasteiger partial charge < -0.3 is 23.9 Å². The van der Waals surface area contributed by atoms with E-state index < -0.39 is 5.97 Å². The smallest absolute Gasteiger partial charge is 0.335 e. The average Bonchev–Trinajstić information content (AvgIpc) is 3.07. The van der Waals surface area contributed by atoms with E-state index in [-0.39, 0.29) is 12.2 Å². The second-order valence-electron chi connectivity index (χ2n) is 6.95. The molecule has 2 aromatic heterocycles. The maximum atomic E-state index is 11.1. The summed E-state index contributed by atoms with van der Waals surface area (Å²) in [5, 5.41) is 9.12. The Hall–Kier alpha value is -4.07. The van der Waals surface area contributed by atoms with Gasteiger partial charge in [-0.05, 0) is 37.3 Å². The molecule has 0 aliphatic heterocycles. The van der Waals surface area contributed by atoms with Crippen LogP contribution in [-0.4, -0.2) is 32.7 Å². The first kappa shape index (κ1) is 20.2. The molecule has 4 aromatic rings.